The SMILES string of the molecule is C/C=C/c1ccc(OCC(=O)Nc2c(C)cccc2C(=O)N2CCCC2)c(OC)c1. The lowest BCUT2D eigenvalue weighted by molar-refractivity contribution is -0.118. The molecule has 0 bridgehead atoms. The third-order valence-corrected chi connectivity index (χ3v) is 5.07. The molecule has 3 rings (SSSR count). The van der Waals surface area contributed by atoms with Gasteiger partial charge in [0.15, 0.2) is 18.1 Å². The van der Waals surface area contributed by atoms with E-state index in [2.05, 4.69) is 5.32 Å². The summed E-state index contributed by atoms with van der Waals surface area (Å²) in [6.07, 6.45) is 5.92. The minimum Gasteiger partial charge on any atom is -0.493 e. The van der Waals surface area contributed by atoms with Gasteiger partial charge in [0.05, 0.1) is 18.4 Å². The number of benzene rings is 2. The number of likely N-dealkylation sites (tertiary alicyclic amines) is 1. The van der Waals surface area contributed by atoms with Crippen LogP contribution in [0.1, 0.15) is 41.3 Å². The van der Waals surface area contributed by atoms with Crippen molar-refractivity contribution in [3.8, 4) is 11.5 Å². The number of carbonyl (C=O) groups is 2. The van der Waals surface area contributed by atoms with E-state index in [0.717, 1.165) is 37.1 Å². The molecule has 1 saturated heterocycles. The highest BCUT2D eigenvalue weighted by atomic mass is 16.5. The van der Waals surface area contributed by atoms with E-state index in [1.54, 1.807) is 19.2 Å². The number of aryl methyl sites for hydroxylation is 1. The number of ether oxygens (including phenoxy) is 2. The lowest BCUT2D eigenvalue weighted by atomic mass is 10.1. The van der Waals surface area contributed by atoms with E-state index in [1.165, 1.54) is 0 Å². The maximum Gasteiger partial charge on any atom is 0.262 e. The number of allylic oxidation sites excluding steroid dienone is 1. The molecule has 0 saturated carbocycles. The Balaban J connectivity index is 1.70. The largest absolute Gasteiger partial charge is 0.493 e. The van der Waals surface area contributed by atoms with Crippen LogP contribution in [0.4, 0.5) is 5.69 Å². The second kappa shape index (κ2) is 9.96. The molecule has 6 nitrogen and oxygen atoms in total. The van der Waals surface area contributed by atoms with Crippen molar-refractivity contribution in [1.82, 2.24) is 4.90 Å². The van der Waals surface area contributed by atoms with Gasteiger partial charge in [-0.05, 0) is 56.0 Å². The first-order valence-corrected chi connectivity index (χ1v) is 10.2. The molecule has 0 radical (unpaired) electrons. The van der Waals surface area contributed by atoms with Crippen molar-refractivity contribution in [3.63, 3.8) is 0 Å². The molecule has 30 heavy (non-hydrogen) atoms. The van der Waals surface area contributed by atoms with Crippen molar-refractivity contribution in [1.29, 1.82) is 0 Å². The molecule has 2 aromatic rings. The summed E-state index contributed by atoms with van der Waals surface area (Å²) in [7, 11) is 1.56. The van der Waals surface area contributed by atoms with E-state index < -0.39 is 0 Å². The zero-order valence-electron chi connectivity index (χ0n) is 17.7. The van der Waals surface area contributed by atoms with Gasteiger partial charge in [-0.2, -0.15) is 0 Å². The Bertz CT molecular complexity index is 946. The van der Waals surface area contributed by atoms with Crippen LogP contribution in [-0.4, -0.2) is 43.5 Å². The molecule has 1 heterocycles. The molecule has 0 aromatic heterocycles. The van der Waals surface area contributed by atoms with E-state index in [-0.39, 0.29) is 18.4 Å². The summed E-state index contributed by atoms with van der Waals surface area (Å²) in [4.78, 5) is 27.3. The monoisotopic (exact) mass is 408 g/mol. The smallest absolute Gasteiger partial charge is 0.262 e. The van der Waals surface area contributed by atoms with Gasteiger partial charge in [-0.25, -0.2) is 0 Å². The van der Waals surface area contributed by atoms with Gasteiger partial charge >= 0.3 is 0 Å². The first-order valence-electron chi connectivity index (χ1n) is 10.2. The summed E-state index contributed by atoms with van der Waals surface area (Å²) in [6, 6.07) is 11.0. The number of hydrogen-bond donors (Lipinski definition) is 1. The predicted molar refractivity (Wildman–Crippen MR) is 118 cm³/mol. The molecular weight excluding hydrogens is 380 g/mol. The first-order chi connectivity index (χ1) is 14.5. The third kappa shape index (κ3) is 5.00. The highest BCUT2D eigenvalue weighted by Gasteiger charge is 2.23. The van der Waals surface area contributed by atoms with E-state index in [0.29, 0.717) is 22.7 Å². The second-order valence-corrected chi connectivity index (χ2v) is 7.24. The molecule has 0 unspecified atom stereocenters. The number of methoxy groups -OCH3 is 1. The molecule has 158 valence electrons. The fourth-order valence-electron chi connectivity index (χ4n) is 3.52. The van der Waals surface area contributed by atoms with Crippen molar-refractivity contribution in [2.45, 2.75) is 26.7 Å². The van der Waals surface area contributed by atoms with Gasteiger partial charge in [0.25, 0.3) is 11.8 Å². The zero-order chi connectivity index (χ0) is 21.5. The summed E-state index contributed by atoms with van der Waals surface area (Å²) in [5.74, 6) is 0.659. The van der Waals surface area contributed by atoms with Gasteiger partial charge in [0.1, 0.15) is 0 Å². The fraction of sp³-hybridized carbons (Fsp3) is 0.333. The highest BCUT2D eigenvalue weighted by Crippen LogP contribution is 2.29. The predicted octanol–water partition coefficient (Wildman–Crippen LogP) is 4.29. The first kappa shape index (κ1) is 21.4. The number of para-hydroxylation sites is 1. The fourth-order valence-corrected chi connectivity index (χ4v) is 3.52. The van der Waals surface area contributed by atoms with Crippen LogP contribution >= 0.6 is 0 Å². The Morgan fingerprint density at radius 1 is 1.13 bits per heavy atom. The Labute approximate surface area is 177 Å². The molecule has 2 aromatic carbocycles. The number of anilines is 1. The molecule has 0 atom stereocenters. The number of nitrogens with zero attached hydrogens (tertiary/aromatic N) is 1. The summed E-state index contributed by atoms with van der Waals surface area (Å²) in [5.41, 5.74) is 2.87. The van der Waals surface area contributed by atoms with Gasteiger partial charge in [-0.3, -0.25) is 9.59 Å². The number of amides is 2. The number of rotatable bonds is 7. The van der Waals surface area contributed by atoms with Gasteiger partial charge in [-0.15, -0.1) is 0 Å². The van der Waals surface area contributed by atoms with Gasteiger partial charge in [0, 0.05) is 13.1 Å². The van der Waals surface area contributed by atoms with E-state index in [4.69, 9.17) is 9.47 Å². The molecule has 1 aliphatic rings. The highest BCUT2D eigenvalue weighted by molar-refractivity contribution is 6.05. The Hall–Kier alpha value is -3.28. The topological polar surface area (TPSA) is 67.9 Å². The number of carbonyl (C=O) groups excluding carboxylic acids is 2. The van der Waals surface area contributed by atoms with Crippen LogP contribution in [0.3, 0.4) is 0 Å². The Morgan fingerprint density at radius 3 is 2.60 bits per heavy atom. The molecule has 0 aliphatic carbocycles. The van der Waals surface area contributed by atoms with Crippen molar-refractivity contribution in [2.24, 2.45) is 0 Å². The Kier molecular flexibility index (Phi) is 7.12. The average molecular weight is 408 g/mol. The molecule has 6 heteroatoms. The molecule has 1 N–H and O–H groups in total. The van der Waals surface area contributed by atoms with Crippen LogP contribution in [0, 0.1) is 6.92 Å². The maximum atomic E-state index is 12.9. The molecule has 0 spiro atoms. The quantitative estimate of drug-likeness (QED) is 0.742. The van der Waals surface area contributed by atoms with E-state index >= 15 is 0 Å². The standard InChI is InChI=1S/C24H28N2O4/c1-4-8-18-11-12-20(21(15-18)29-3)30-16-22(27)25-23-17(2)9-7-10-19(23)24(28)26-13-5-6-14-26/h4,7-12,15H,5-6,13-14,16H2,1-3H3,(H,25,27)/b8-4+. The molecule has 1 aliphatic heterocycles. The average Bonchev–Trinajstić information content (AvgIpc) is 3.29. The van der Waals surface area contributed by atoms with E-state index in [9.17, 15) is 9.59 Å². The minimum atomic E-state index is -0.334. The summed E-state index contributed by atoms with van der Waals surface area (Å²) in [5, 5.41) is 2.86. The van der Waals surface area contributed by atoms with Gasteiger partial charge in [-0.1, -0.05) is 30.4 Å². The summed E-state index contributed by atoms with van der Waals surface area (Å²) < 4.78 is 11.0. The normalized spacial score (nSPS) is 13.5. The zero-order valence-corrected chi connectivity index (χ0v) is 17.7. The lowest BCUT2D eigenvalue weighted by Crippen LogP contribution is -2.29. The van der Waals surface area contributed by atoms with Crippen molar-refractivity contribution >= 4 is 23.6 Å². The van der Waals surface area contributed by atoms with Crippen LogP contribution in [-0.2, 0) is 4.79 Å². The van der Waals surface area contributed by atoms with Crippen LogP contribution in [0.2, 0.25) is 0 Å². The van der Waals surface area contributed by atoms with Crippen molar-refractivity contribution < 1.29 is 19.1 Å². The van der Waals surface area contributed by atoms with Gasteiger partial charge in [0.2, 0.25) is 0 Å². The lowest BCUT2D eigenvalue weighted by Gasteiger charge is -2.19. The summed E-state index contributed by atoms with van der Waals surface area (Å²) in [6.45, 7) is 5.14. The minimum absolute atomic E-state index is 0.0475. The molecule has 1 fully saturated rings. The number of nitrogens with one attached hydrogen (secondary N) is 1. The van der Waals surface area contributed by atoms with Gasteiger partial charge < -0.3 is 19.7 Å². The van der Waals surface area contributed by atoms with Crippen LogP contribution in [0.5, 0.6) is 11.5 Å². The third-order valence-electron chi connectivity index (χ3n) is 5.07. The molecule has 2 amide bonds. The van der Waals surface area contributed by atoms with Crippen molar-refractivity contribution in [3.05, 3.63) is 59.2 Å². The van der Waals surface area contributed by atoms with Crippen LogP contribution in [0.25, 0.3) is 6.08 Å². The maximum absolute atomic E-state index is 12.9. The second-order valence-electron chi connectivity index (χ2n) is 7.24. The number of hydrogen-bond acceptors (Lipinski definition) is 4. The van der Waals surface area contributed by atoms with Crippen molar-refractivity contribution in [2.75, 3.05) is 32.1 Å². The summed E-state index contributed by atoms with van der Waals surface area (Å²) >= 11 is 0. The Morgan fingerprint density at radius 2 is 1.90 bits per heavy atom. The molecular formula is C24H28N2O4. The van der Waals surface area contributed by atoms with Crippen LogP contribution < -0.4 is 14.8 Å². The van der Waals surface area contributed by atoms with E-state index in [1.807, 2.05) is 55.2 Å². The van der Waals surface area contributed by atoms with Crippen LogP contribution in [0.15, 0.2) is 42.5 Å².